The maximum absolute atomic E-state index is 11.4. The zero-order valence-electron chi connectivity index (χ0n) is 12.9. The maximum atomic E-state index is 11.4. The minimum absolute atomic E-state index is 0.0123. The number of carbonyl (C=O) groups is 1. The molecule has 2 aromatic heterocycles. The second-order valence-corrected chi connectivity index (χ2v) is 5.57. The first-order valence-electron chi connectivity index (χ1n) is 7.33. The average molecular weight is 318 g/mol. The summed E-state index contributed by atoms with van der Waals surface area (Å²) in [5.74, 6) is -0.691. The van der Waals surface area contributed by atoms with Gasteiger partial charge in [-0.05, 0) is 11.6 Å². The number of rotatable bonds is 2. The average Bonchev–Trinajstić information content (AvgIpc) is 2.95. The van der Waals surface area contributed by atoms with Crippen LogP contribution in [0.15, 0.2) is 42.6 Å². The van der Waals surface area contributed by atoms with Gasteiger partial charge in [0.15, 0.2) is 5.69 Å². The molecule has 0 unspecified atom stereocenters. The molecule has 0 bridgehead atoms. The highest BCUT2D eigenvalue weighted by Crippen LogP contribution is 2.32. The first kappa shape index (κ1) is 14.1. The van der Waals surface area contributed by atoms with Gasteiger partial charge < -0.3 is 11.5 Å². The molecule has 118 valence electrons. The number of benzene rings is 2. The van der Waals surface area contributed by atoms with E-state index in [2.05, 4.69) is 15.3 Å². The molecule has 2 heterocycles. The Bertz CT molecular complexity index is 1110. The summed E-state index contributed by atoms with van der Waals surface area (Å²) in [6.07, 6.45) is 1.82. The lowest BCUT2D eigenvalue weighted by molar-refractivity contribution is 0.0996. The molecular formula is C17H14N6O. The van der Waals surface area contributed by atoms with Crippen LogP contribution in [0.4, 0.5) is 5.69 Å². The second-order valence-electron chi connectivity index (χ2n) is 5.57. The standard InChI is InChI=1S/C17H14N6O/c1-23-13-7-9(5-6-10(13)8-20-23)11-3-2-4-12-14(18)16(17(19)24)22-21-15(11)12/h2-8H,1H3,(H2,18,21)(H2,19,24). The fourth-order valence-electron chi connectivity index (χ4n) is 2.88. The highest BCUT2D eigenvalue weighted by atomic mass is 16.1. The van der Waals surface area contributed by atoms with Crippen molar-refractivity contribution >= 4 is 33.4 Å². The first-order valence-corrected chi connectivity index (χ1v) is 7.33. The van der Waals surface area contributed by atoms with Crippen LogP contribution in [-0.4, -0.2) is 25.9 Å². The zero-order chi connectivity index (χ0) is 16.8. The van der Waals surface area contributed by atoms with Gasteiger partial charge in [-0.1, -0.05) is 30.3 Å². The van der Waals surface area contributed by atoms with E-state index in [0.29, 0.717) is 10.9 Å². The molecule has 7 heteroatoms. The van der Waals surface area contributed by atoms with Crippen LogP contribution in [0.3, 0.4) is 0 Å². The van der Waals surface area contributed by atoms with Gasteiger partial charge in [-0.15, -0.1) is 10.2 Å². The zero-order valence-corrected chi connectivity index (χ0v) is 12.9. The minimum Gasteiger partial charge on any atom is -0.396 e. The van der Waals surface area contributed by atoms with Gasteiger partial charge in [-0.2, -0.15) is 5.10 Å². The largest absolute Gasteiger partial charge is 0.396 e. The molecule has 4 aromatic rings. The van der Waals surface area contributed by atoms with Crippen molar-refractivity contribution in [3.8, 4) is 11.1 Å². The van der Waals surface area contributed by atoms with Crippen molar-refractivity contribution in [1.82, 2.24) is 20.0 Å². The fraction of sp³-hybridized carbons (Fsp3) is 0.0588. The summed E-state index contributed by atoms with van der Waals surface area (Å²) in [6.45, 7) is 0. The lowest BCUT2D eigenvalue weighted by Gasteiger charge is -2.09. The molecular weight excluding hydrogens is 304 g/mol. The van der Waals surface area contributed by atoms with Crippen molar-refractivity contribution in [3.63, 3.8) is 0 Å². The van der Waals surface area contributed by atoms with E-state index < -0.39 is 5.91 Å². The van der Waals surface area contributed by atoms with Gasteiger partial charge in [0, 0.05) is 23.4 Å². The minimum atomic E-state index is -0.691. The van der Waals surface area contributed by atoms with E-state index in [1.807, 2.05) is 48.3 Å². The molecule has 0 aliphatic heterocycles. The van der Waals surface area contributed by atoms with E-state index in [1.165, 1.54) is 0 Å². The third-order valence-electron chi connectivity index (χ3n) is 4.12. The number of hydrogen-bond donors (Lipinski definition) is 2. The molecule has 0 saturated carbocycles. The lowest BCUT2D eigenvalue weighted by atomic mass is 10.0. The molecule has 0 aliphatic rings. The summed E-state index contributed by atoms with van der Waals surface area (Å²) in [6, 6.07) is 11.7. The highest BCUT2D eigenvalue weighted by Gasteiger charge is 2.15. The summed E-state index contributed by atoms with van der Waals surface area (Å²) < 4.78 is 1.81. The van der Waals surface area contributed by atoms with Crippen LogP contribution in [0, 0.1) is 0 Å². The van der Waals surface area contributed by atoms with E-state index in [-0.39, 0.29) is 11.4 Å². The van der Waals surface area contributed by atoms with Gasteiger partial charge in [0.25, 0.3) is 5.91 Å². The molecule has 0 fully saturated rings. The van der Waals surface area contributed by atoms with Gasteiger partial charge in [0.1, 0.15) is 5.52 Å². The Kier molecular flexibility index (Phi) is 2.96. The first-order chi connectivity index (χ1) is 11.6. The van der Waals surface area contributed by atoms with Crippen LogP contribution < -0.4 is 11.5 Å². The van der Waals surface area contributed by atoms with E-state index in [0.717, 1.165) is 22.0 Å². The van der Waals surface area contributed by atoms with Crippen molar-refractivity contribution in [2.75, 3.05) is 5.73 Å². The van der Waals surface area contributed by atoms with E-state index in [9.17, 15) is 4.79 Å². The summed E-state index contributed by atoms with van der Waals surface area (Å²) in [4.78, 5) is 11.4. The monoisotopic (exact) mass is 318 g/mol. The number of nitrogen functional groups attached to an aromatic ring is 1. The van der Waals surface area contributed by atoms with E-state index in [4.69, 9.17) is 11.5 Å². The summed E-state index contributed by atoms with van der Waals surface area (Å²) in [5.41, 5.74) is 15.1. The van der Waals surface area contributed by atoms with Crippen LogP contribution in [0.1, 0.15) is 10.5 Å². The van der Waals surface area contributed by atoms with Gasteiger partial charge in [-0.25, -0.2) is 0 Å². The number of aromatic nitrogens is 4. The van der Waals surface area contributed by atoms with Gasteiger partial charge in [0.05, 0.1) is 17.4 Å². The molecule has 0 radical (unpaired) electrons. The Hall–Kier alpha value is -3.48. The van der Waals surface area contributed by atoms with Crippen LogP contribution in [0.5, 0.6) is 0 Å². The molecule has 2 aromatic carbocycles. The Morgan fingerprint density at radius 3 is 2.79 bits per heavy atom. The number of fused-ring (bicyclic) bond motifs is 2. The molecule has 24 heavy (non-hydrogen) atoms. The number of nitrogens with two attached hydrogens (primary N) is 2. The Balaban J connectivity index is 2.00. The van der Waals surface area contributed by atoms with Gasteiger partial charge in [-0.3, -0.25) is 9.48 Å². The Morgan fingerprint density at radius 1 is 1.17 bits per heavy atom. The summed E-state index contributed by atoms with van der Waals surface area (Å²) in [7, 11) is 1.89. The molecule has 0 spiro atoms. The number of hydrogen-bond acceptors (Lipinski definition) is 5. The van der Waals surface area contributed by atoms with Crippen LogP contribution in [-0.2, 0) is 7.05 Å². The summed E-state index contributed by atoms with van der Waals surface area (Å²) in [5, 5.41) is 14.0. The van der Waals surface area contributed by atoms with Crippen molar-refractivity contribution in [2.24, 2.45) is 12.8 Å². The molecule has 7 nitrogen and oxygen atoms in total. The molecule has 4 N–H and O–H groups in total. The molecule has 0 aliphatic carbocycles. The number of nitrogens with zero attached hydrogens (tertiary/aromatic N) is 4. The number of amides is 1. The fourth-order valence-corrected chi connectivity index (χ4v) is 2.88. The Morgan fingerprint density at radius 2 is 2.00 bits per heavy atom. The smallest absolute Gasteiger partial charge is 0.271 e. The number of carbonyl (C=O) groups excluding carboxylic acids is 1. The number of anilines is 1. The molecule has 0 atom stereocenters. The van der Waals surface area contributed by atoms with E-state index in [1.54, 1.807) is 6.07 Å². The highest BCUT2D eigenvalue weighted by molar-refractivity contribution is 6.07. The van der Waals surface area contributed by atoms with Gasteiger partial charge in [0.2, 0.25) is 0 Å². The maximum Gasteiger partial charge on any atom is 0.271 e. The quantitative estimate of drug-likeness (QED) is 0.586. The number of aryl methyl sites for hydroxylation is 1. The SMILES string of the molecule is Cn1ncc2ccc(-c3cccc4c(N)c(C(N)=O)nnc34)cc21. The molecule has 0 saturated heterocycles. The lowest BCUT2D eigenvalue weighted by Crippen LogP contribution is -2.16. The Labute approximate surface area is 136 Å². The second kappa shape index (κ2) is 5.02. The summed E-state index contributed by atoms with van der Waals surface area (Å²) >= 11 is 0. The third kappa shape index (κ3) is 1.98. The number of primary amides is 1. The molecule has 1 amide bonds. The van der Waals surface area contributed by atoms with Crippen LogP contribution >= 0.6 is 0 Å². The van der Waals surface area contributed by atoms with E-state index >= 15 is 0 Å². The van der Waals surface area contributed by atoms with Crippen molar-refractivity contribution in [3.05, 3.63) is 48.3 Å². The molecule has 4 rings (SSSR count). The predicted molar refractivity (Wildman–Crippen MR) is 92.2 cm³/mol. The van der Waals surface area contributed by atoms with Crippen molar-refractivity contribution in [2.45, 2.75) is 0 Å². The normalized spacial score (nSPS) is 11.2. The van der Waals surface area contributed by atoms with Crippen molar-refractivity contribution < 1.29 is 4.79 Å². The van der Waals surface area contributed by atoms with Crippen LogP contribution in [0.2, 0.25) is 0 Å². The van der Waals surface area contributed by atoms with Crippen LogP contribution in [0.25, 0.3) is 32.9 Å². The predicted octanol–water partition coefficient (Wildman–Crippen LogP) is 1.86. The van der Waals surface area contributed by atoms with Gasteiger partial charge >= 0.3 is 0 Å². The van der Waals surface area contributed by atoms with Crippen molar-refractivity contribution in [1.29, 1.82) is 0 Å². The third-order valence-corrected chi connectivity index (χ3v) is 4.12. The topological polar surface area (TPSA) is 113 Å².